The number of halogens is 2. The fourth-order valence-electron chi connectivity index (χ4n) is 1.53. The molecular formula is C14H7BrClNO3. The minimum absolute atomic E-state index is 0.00915. The Hall–Kier alpha value is -2.03. The number of carboxylic acids is 1. The van der Waals surface area contributed by atoms with Crippen molar-refractivity contribution in [1.29, 1.82) is 5.26 Å². The second-order valence-corrected chi connectivity index (χ2v) is 5.09. The van der Waals surface area contributed by atoms with Gasteiger partial charge in [-0.05, 0) is 46.3 Å². The molecule has 0 aliphatic heterocycles. The summed E-state index contributed by atoms with van der Waals surface area (Å²) in [5, 5.41) is 18.3. The Bertz CT molecular complexity index is 725. The molecule has 6 heteroatoms. The van der Waals surface area contributed by atoms with Gasteiger partial charge in [-0.1, -0.05) is 11.6 Å². The van der Waals surface area contributed by atoms with Gasteiger partial charge in [0.25, 0.3) is 0 Å². The highest BCUT2D eigenvalue weighted by Gasteiger charge is 2.13. The molecule has 0 bridgehead atoms. The van der Waals surface area contributed by atoms with Gasteiger partial charge in [0.1, 0.15) is 23.1 Å². The Kier molecular flexibility index (Phi) is 4.28. The predicted octanol–water partition coefficient (Wildman–Crippen LogP) is 4.46. The molecule has 2 rings (SSSR count). The van der Waals surface area contributed by atoms with Crippen molar-refractivity contribution in [2.24, 2.45) is 0 Å². The lowest BCUT2D eigenvalue weighted by Crippen LogP contribution is -2.00. The van der Waals surface area contributed by atoms with E-state index in [9.17, 15) is 4.79 Å². The van der Waals surface area contributed by atoms with E-state index in [1.165, 1.54) is 18.2 Å². The monoisotopic (exact) mass is 351 g/mol. The molecule has 0 heterocycles. The van der Waals surface area contributed by atoms with Crippen LogP contribution >= 0.6 is 27.5 Å². The van der Waals surface area contributed by atoms with Crippen LogP contribution in [0.25, 0.3) is 0 Å². The number of hydrogen-bond donors (Lipinski definition) is 1. The zero-order chi connectivity index (χ0) is 14.7. The third kappa shape index (κ3) is 3.10. The van der Waals surface area contributed by atoms with E-state index in [0.717, 1.165) is 0 Å². The van der Waals surface area contributed by atoms with Crippen molar-refractivity contribution in [2.75, 3.05) is 0 Å². The molecule has 0 fully saturated rings. The van der Waals surface area contributed by atoms with Crippen LogP contribution in [0.5, 0.6) is 11.5 Å². The molecule has 100 valence electrons. The van der Waals surface area contributed by atoms with E-state index >= 15 is 0 Å². The normalized spacial score (nSPS) is 9.85. The number of aromatic carboxylic acids is 1. The molecule has 0 atom stereocenters. The lowest BCUT2D eigenvalue weighted by molar-refractivity contribution is 0.0694. The van der Waals surface area contributed by atoms with Gasteiger partial charge in [0.15, 0.2) is 0 Å². The largest absolute Gasteiger partial charge is 0.478 e. The van der Waals surface area contributed by atoms with Crippen LogP contribution < -0.4 is 4.74 Å². The second kappa shape index (κ2) is 5.95. The molecule has 2 aromatic rings. The summed E-state index contributed by atoms with van der Waals surface area (Å²) in [6, 6.07) is 11.0. The highest BCUT2D eigenvalue weighted by atomic mass is 79.9. The van der Waals surface area contributed by atoms with Crippen LogP contribution in [0.15, 0.2) is 40.9 Å². The number of nitrogens with zero attached hydrogens (tertiary/aromatic N) is 1. The Balaban J connectivity index is 2.39. The van der Waals surface area contributed by atoms with Gasteiger partial charge in [-0.3, -0.25) is 0 Å². The van der Waals surface area contributed by atoms with Gasteiger partial charge in [-0.25, -0.2) is 4.79 Å². The molecule has 0 radical (unpaired) electrons. The minimum Gasteiger partial charge on any atom is -0.478 e. The SMILES string of the molecule is N#Cc1ccc(Oc2cc(Cl)ccc2C(=O)O)cc1Br. The van der Waals surface area contributed by atoms with Gasteiger partial charge in [0.2, 0.25) is 0 Å². The molecular weight excluding hydrogens is 346 g/mol. The second-order valence-electron chi connectivity index (χ2n) is 3.80. The lowest BCUT2D eigenvalue weighted by Gasteiger charge is -2.09. The van der Waals surface area contributed by atoms with Gasteiger partial charge in [-0.2, -0.15) is 5.26 Å². The van der Waals surface area contributed by atoms with Crippen molar-refractivity contribution in [1.82, 2.24) is 0 Å². The van der Waals surface area contributed by atoms with Gasteiger partial charge in [0.05, 0.1) is 5.56 Å². The molecule has 2 aromatic carbocycles. The van der Waals surface area contributed by atoms with Crippen molar-refractivity contribution in [3.8, 4) is 17.6 Å². The maximum absolute atomic E-state index is 11.1. The minimum atomic E-state index is -1.11. The molecule has 0 unspecified atom stereocenters. The van der Waals surface area contributed by atoms with E-state index < -0.39 is 5.97 Å². The lowest BCUT2D eigenvalue weighted by atomic mass is 10.2. The zero-order valence-electron chi connectivity index (χ0n) is 9.93. The third-order valence-electron chi connectivity index (χ3n) is 2.46. The van der Waals surface area contributed by atoms with E-state index in [1.54, 1.807) is 18.2 Å². The van der Waals surface area contributed by atoms with E-state index in [0.29, 0.717) is 20.8 Å². The highest BCUT2D eigenvalue weighted by molar-refractivity contribution is 9.10. The van der Waals surface area contributed by atoms with Crippen molar-refractivity contribution in [2.45, 2.75) is 0 Å². The number of nitriles is 1. The quantitative estimate of drug-likeness (QED) is 0.885. The maximum atomic E-state index is 11.1. The number of benzene rings is 2. The Morgan fingerprint density at radius 3 is 2.65 bits per heavy atom. The van der Waals surface area contributed by atoms with Crippen LogP contribution in [0.1, 0.15) is 15.9 Å². The fraction of sp³-hybridized carbons (Fsp3) is 0. The Morgan fingerprint density at radius 1 is 1.30 bits per heavy atom. The summed E-state index contributed by atoms with van der Waals surface area (Å²) < 4.78 is 6.09. The van der Waals surface area contributed by atoms with Gasteiger partial charge in [0, 0.05) is 15.6 Å². The number of hydrogen-bond acceptors (Lipinski definition) is 3. The first kappa shape index (κ1) is 14.4. The number of ether oxygens (including phenoxy) is 1. The fourth-order valence-corrected chi connectivity index (χ4v) is 2.14. The van der Waals surface area contributed by atoms with Crippen LogP contribution in [0.4, 0.5) is 0 Å². The Labute approximate surface area is 128 Å². The highest BCUT2D eigenvalue weighted by Crippen LogP contribution is 2.31. The molecule has 0 aromatic heterocycles. The van der Waals surface area contributed by atoms with Crippen LogP contribution in [0.2, 0.25) is 5.02 Å². The van der Waals surface area contributed by atoms with Gasteiger partial charge < -0.3 is 9.84 Å². The predicted molar refractivity (Wildman–Crippen MR) is 77.3 cm³/mol. The molecule has 1 N–H and O–H groups in total. The first-order valence-corrected chi connectivity index (χ1v) is 6.58. The van der Waals surface area contributed by atoms with E-state index in [-0.39, 0.29) is 11.3 Å². The molecule has 0 aliphatic rings. The summed E-state index contributed by atoms with van der Waals surface area (Å²) in [5.74, 6) is -0.563. The average molecular weight is 353 g/mol. The topological polar surface area (TPSA) is 70.3 Å². The van der Waals surface area contributed by atoms with Gasteiger partial charge >= 0.3 is 5.97 Å². The van der Waals surface area contributed by atoms with E-state index in [1.807, 2.05) is 6.07 Å². The van der Waals surface area contributed by atoms with E-state index in [4.69, 9.17) is 26.7 Å². The Morgan fingerprint density at radius 2 is 2.05 bits per heavy atom. The van der Waals surface area contributed by atoms with Crippen LogP contribution in [0.3, 0.4) is 0 Å². The van der Waals surface area contributed by atoms with Crippen LogP contribution in [-0.2, 0) is 0 Å². The summed E-state index contributed by atoms with van der Waals surface area (Å²) in [4.78, 5) is 11.1. The van der Waals surface area contributed by atoms with E-state index in [2.05, 4.69) is 15.9 Å². The molecule has 0 aliphatic carbocycles. The van der Waals surface area contributed by atoms with Crippen LogP contribution in [-0.4, -0.2) is 11.1 Å². The number of carbonyl (C=O) groups is 1. The maximum Gasteiger partial charge on any atom is 0.339 e. The van der Waals surface area contributed by atoms with Crippen molar-refractivity contribution in [3.63, 3.8) is 0 Å². The molecule has 4 nitrogen and oxygen atoms in total. The summed E-state index contributed by atoms with van der Waals surface area (Å²) >= 11 is 9.08. The van der Waals surface area contributed by atoms with Crippen molar-refractivity contribution >= 4 is 33.5 Å². The first-order valence-electron chi connectivity index (χ1n) is 5.41. The standard InChI is InChI=1S/C14H7BrClNO3/c15-12-6-10(3-1-8(12)7-17)20-13-5-9(16)2-4-11(13)14(18)19/h1-6H,(H,18,19). The molecule has 0 saturated heterocycles. The smallest absolute Gasteiger partial charge is 0.339 e. The van der Waals surface area contributed by atoms with Crippen molar-refractivity contribution < 1.29 is 14.6 Å². The molecule has 0 spiro atoms. The van der Waals surface area contributed by atoms with Gasteiger partial charge in [-0.15, -0.1) is 0 Å². The third-order valence-corrected chi connectivity index (χ3v) is 3.35. The molecule has 20 heavy (non-hydrogen) atoms. The number of rotatable bonds is 3. The summed E-state index contributed by atoms with van der Waals surface area (Å²) in [6.45, 7) is 0. The molecule has 0 amide bonds. The first-order chi connectivity index (χ1) is 9.51. The molecule has 0 saturated carbocycles. The average Bonchev–Trinajstić information content (AvgIpc) is 2.38. The summed E-state index contributed by atoms with van der Waals surface area (Å²) in [5.41, 5.74) is 0.469. The van der Waals surface area contributed by atoms with Crippen LogP contribution in [0, 0.1) is 11.3 Å². The number of carboxylic acid groups (broad SMARTS) is 1. The summed E-state index contributed by atoms with van der Waals surface area (Å²) in [7, 11) is 0. The summed E-state index contributed by atoms with van der Waals surface area (Å²) in [6.07, 6.45) is 0. The van der Waals surface area contributed by atoms with Crippen molar-refractivity contribution in [3.05, 3.63) is 57.0 Å². The zero-order valence-corrected chi connectivity index (χ0v) is 12.3.